The van der Waals surface area contributed by atoms with Crippen LogP contribution >= 0.6 is 0 Å². The highest BCUT2D eigenvalue weighted by atomic mass is 16.1. The molecular weight excluding hydrogens is 192 g/mol. The number of aromatic nitrogens is 2. The summed E-state index contributed by atoms with van der Waals surface area (Å²) in [5.74, 6) is 0.600. The van der Waals surface area contributed by atoms with E-state index < -0.39 is 0 Å². The van der Waals surface area contributed by atoms with Gasteiger partial charge in [0.05, 0.1) is 0 Å². The first kappa shape index (κ1) is 10.0. The van der Waals surface area contributed by atoms with Gasteiger partial charge in [-0.25, -0.2) is 0 Å². The fourth-order valence-corrected chi connectivity index (χ4v) is 1.55. The van der Waals surface area contributed by atoms with Gasteiger partial charge >= 0.3 is 0 Å². The van der Waals surface area contributed by atoms with Crippen LogP contribution in [0, 0.1) is 0 Å². The van der Waals surface area contributed by atoms with Crippen LogP contribution in [0.2, 0.25) is 0 Å². The van der Waals surface area contributed by atoms with Crippen molar-refractivity contribution in [1.29, 1.82) is 0 Å². The molecule has 82 valence electrons. The van der Waals surface area contributed by atoms with Crippen molar-refractivity contribution in [3.05, 3.63) is 12.3 Å². The van der Waals surface area contributed by atoms with Crippen molar-refractivity contribution < 1.29 is 4.79 Å². The molecular formula is C10H16N4O. The lowest BCUT2D eigenvalue weighted by molar-refractivity contribution is -0.118. The molecule has 1 aromatic heterocycles. The van der Waals surface area contributed by atoms with Crippen molar-refractivity contribution >= 4 is 11.7 Å². The lowest BCUT2D eigenvalue weighted by Crippen LogP contribution is -2.27. The van der Waals surface area contributed by atoms with E-state index in [0.29, 0.717) is 19.0 Å². The Morgan fingerprint density at radius 3 is 3.07 bits per heavy atom. The number of primary amides is 1. The Labute approximate surface area is 88.6 Å². The van der Waals surface area contributed by atoms with Crippen molar-refractivity contribution in [2.75, 3.05) is 5.32 Å². The highest BCUT2D eigenvalue weighted by molar-refractivity contribution is 5.73. The predicted octanol–water partition coefficient (Wildman–Crippen LogP) is 0.723. The van der Waals surface area contributed by atoms with Crippen molar-refractivity contribution in [2.24, 2.45) is 5.73 Å². The maximum Gasteiger partial charge on any atom is 0.219 e. The molecule has 5 nitrogen and oxygen atoms in total. The largest absolute Gasteiger partial charge is 0.370 e. The quantitative estimate of drug-likeness (QED) is 0.749. The molecule has 0 spiro atoms. The second-order valence-corrected chi connectivity index (χ2v) is 3.95. The van der Waals surface area contributed by atoms with E-state index in [-0.39, 0.29) is 5.91 Å². The summed E-state index contributed by atoms with van der Waals surface area (Å²) in [7, 11) is 0. The summed E-state index contributed by atoms with van der Waals surface area (Å²) in [4.78, 5) is 10.6. The maximum absolute atomic E-state index is 10.6. The Morgan fingerprint density at radius 1 is 1.67 bits per heavy atom. The fraction of sp³-hybridized carbons (Fsp3) is 0.600. The number of carbonyl (C=O) groups excluding carboxylic acids is 1. The van der Waals surface area contributed by atoms with Gasteiger partial charge in [0.25, 0.3) is 0 Å². The number of nitrogens with one attached hydrogen (secondary N) is 1. The van der Waals surface area contributed by atoms with E-state index in [0.717, 1.165) is 5.82 Å². The van der Waals surface area contributed by atoms with Crippen LogP contribution in [-0.2, 0) is 11.3 Å². The van der Waals surface area contributed by atoms with E-state index in [9.17, 15) is 4.79 Å². The number of anilines is 1. The lowest BCUT2D eigenvalue weighted by Gasteiger charge is -2.26. The number of hydrogen-bond acceptors (Lipinski definition) is 3. The monoisotopic (exact) mass is 208 g/mol. The second-order valence-electron chi connectivity index (χ2n) is 3.95. The molecule has 15 heavy (non-hydrogen) atoms. The summed E-state index contributed by atoms with van der Waals surface area (Å²) in [6, 6.07) is 2.52. The van der Waals surface area contributed by atoms with Crippen LogP contribution in [0.5, 0.6) is 0 Å². The van der Waals surface area contributed by atoms with Gasteiger partial charge in [-0.1, -0.05) is 0 Å². The lowest BCUT2D eigenvalue weighted by atomic mass is 9.93. The molecule has 1 aliphatic carbocycles. The molecule has 1 saturated carbocycles. The highest BCUT2D eigenvalue weighted by Crippen LogP contribution is 2.22. The third-order valence-corrected chi connectivity index (χ3v) is 2.69. The third-order valence-electron chi connectivity index (χ3n) is 2.69. The summed E-state index contributed by atoms with van der Waals surface area (Å²) in [6.07, 6.45) is 5.97. The van der Waals surface area contributed by atoms with Crippen LogP contribution in [0.15, 0.2) is 12.3 Å². The number of carbonyl (C=O) groups is 1. The second kappa shape index (κ2) is 4.33. The van der Waals surface area contributed by atoms with E-state index >= 15 is 0 Å². The minimum atomic E-state index is -0.293. The van der Waals surface area contributed by atoms with Gasteiger partial charge in [-0.2, -0.15) is 5.10 Å². The van der Waals surface area contributed by atoms with Crippen LogP contribution in [0.3, 0.4) is 0 Å². The summed E-state index contributed by atoms with van der Waals surface area (Å²) in [5, 5.41) is 7.64. The molecule has 2 rings (SSSR count). The normalized spacial score (nSPS) is 16.0. The van der Waals surface area contributed by atoms with E-state index in [1.165, 1.54) is 19.3 Å². The van der Waals surface area contributed by atoms with E-state index in [4.69, 9.17) is 5.73 Å². The Balaban J connectivity index is 1.83. The first-order valence-corrected chi connectivity index (χ1v) is 5.32. The zero-order chi connectivity index (χ0) is 10.7. The molecule has 0 atom stereocenters. The maximum atomic E-state index is 10.6. The van der Waals surface area contributed by atoms with Crippen molar-refractivity contribution in [3.63, 3.8) is 0 Å². The number of nitrogens with zero attached hydrogens (tertiary/aromatic N) is 2. The average molecular weight is 208 g/mol. The van der Waals surface area contributed by atoms with Gasteiger partial charge in [-0.15, -0.1) is 0 Å². The molecule has 0 unspecified atom stereocenters. The van der Waals surface area contributed by atoms with Crippen molar-refractivity contribution in [2.45, 2.75) is 38.3 Å². The predicted molar refractivity (Wildman–Crippen MR) is 57.3 cm³/mol. The molecule has 5 heteroatoms. The van der Waals surface area contributed by atoms with Crippen LogP contribution in [0.25, 0.3) is 0 Å². The van der Waals surface area contributed by atoms with Gasteiger partial charge in [-0.3, -0.25) is 9.48 Å². The van der Waals surface area contributed by atoms with Crippen LogP contribution in [0.1, 0.15) is 25.7 Å². The van der Waals surface area contributed by atoms with E-state index in [1.54, 1.807) is 4.68 Å². The topological polar surface area (TPSA) is 72.9 Å². The average Bonchev–Trinajstić information content (AvgIpc) is 2.56. The molecule has 0 aliphatic heterocycles. The SMILES string of the molecule is NC(=O)CCn1ccc(NC2CCC2)n1. The zero-order valence-electron chi connectivity index (χ0n) is 8.65. The standard InChI is InChI=1S/C10H16N4O/c11-9(15)4-6-14-7-5-10(13-14)12-8-2-1-3-8/h5,7-8H,1-4,6H2,(H2,11,15)(H,12,13). The van der Waals surface area contributed by atoms with Crippen molar-refractivity contribution in [1.82, 2.24) is 9.78 Å². The van der Waals surface area contributed by atoms with Gasteiger partial charge < -0.3 is 11.1 Å². The molecule has 0 saturated heterocycles. The van der Waals surface area contributed by atoms with Crippen LogP contribution in [0.4, 0.5) is 5.82 Å². The van der Waals surface area contributed by atoms with Gasteiger partial charge in [-0.05, 0) is 19.3 Å². The van der Waals surface area contributed by atoms with Gasteiger partial charge in [0.2, 0.25) is 5.91 Å². The molecule has 1 aliphatic rings. The molecule has 1 heterocycles. The zero-order valence-corrected chi connectivity index (χ0v) is 8.65. The summed E-state index contributed by atoms with van der Waals surface area (Å²) in [6.45, 7) is 0.557. The molecule has 1 amide bonds. The summed E-state index contributed by atoms with van der Waals surface area (Å²) >= 11 is 0. The highest BCUT2D eigenvalue weighted by Gasteiger charge is 2.17. The molecule has 1 aromatic rings. The smallest absolute Gasteiger partial charge is 0.219 e. The minimum absolute atomic E-state index is 0.293. The number of amides is 1. The molecule has 0 radical (unpaired) electrons. The Bertz CT molecular complexity index is 343. The first-order chi connectivity index (χ1) is 7.24. The van der Waals surface area contributed by atoms with Gasteiger partial charge in [0.15, 0.2) is 0 Å². The molecule has 0 aromatic carbocycles. The molecule has 3 N–H and O–H groups in total. The van der Waals surface area contributed by atoms with Crippen molar-refractivity contribution in [3.8, 4) is 0 Å². The summed E-state index contributed by atoms with van der Waals surface area (Å²) in [5.41, 5.74) is 5.06. The molecule has 0 bridgehead atoms. The number of hydrogen-bond donors (Lipinski definition) is 2. The van der Waals surface area contributed by atoms with E-state index in [2.05, 4.69) is 10.4 Å². The number of nitrogens with two attached hydrogens (primary N) is 1. The minimum Gasteiger partial charge on any atom is -0.370 e. The fourth-order valence-electron chi connectivity index (χ4n) is 1.55. The number of rotatable bonds is 5. The Morgan fingerprint density at radius 2 is 2.47 bits per heavy atom. The number of aryl methyl sites for hydroxylation is 1. The van der Waals surface area contributed by atoms with E-state index in [1.807, 2.05) is 12.3 Å². The van der Waals surface area contributed by atoms with Crippen LogP contribution in [-0.4, -0.2) is 21.7 Å². The molecule has 1 fully saturated rings. The first-order valence-electron chi connectivity index (χ1n) is 5.32. The van der Waals surface area contributed by atoms with Gasteiger partial charge in [0, 0.05) is 31.3 Å². The Kier molecular flexibility index (Phi) is 2.89. The van der Waals surface area contributed by atoms with Crippen LogP contribution < -0.4 is 11.1 Å². The third kappa shape index (κ3) is 2.71. The van der Waals surface area contributed by atoms with Gasteiger partial charge in [0.1, 0.15) is 5.82 Å². The summed E-state index contributed by atoms with van der Waals surface area (Å²) < 4.78 is 1.74. The Hall–Kier alpha value is -1.52.